The molecule has 5 aliphatic rings. The molecule has 5 rings (SSSR count). The molecule has 8 atom stereocenters. The number of ether oxygens (including phenoxy) is 2. The van der Waals surface area contributed by atoms with Crippen molar-refractivity contribution in [3.63, 3.8) is 0 Å². The molecule has 3 saturated carbocycles. The highest BCUT2D eigenvalue weighted by molar-refractivity contribution is 6.01. The zero-order valence-electron chi connectivity index (χ0n) is 18.2. The number of carbonyl (C=O) groups is 2. The topological polar surface area (TPSA) is 93.1 Å². The summed E-state index contributed by atoms with van der Waals surface area (Å²) in [6.07, 6.45) is 7.04. The van der Waals surface area contributed by atoms with Crippen molar-refractivity contribution in [2.75, 3.05) is 6.61 Å². The number of hydrogen-bond acceptors (Lipinski definition) is 6. The highest BCUT2D eigenvalue weighted by Crippen LogP contribution is 2.70. The minimum Gasteiger partial charge on any atom is -0.393 e. The van der Waals surface area contributed by atoms with Crippen LogP contribution in [-0.4, -0.2) is 52.0 Å². The molecule has 1 aliphatic heterocycles. The van der Waals surface area contributed by atoms with Gasteiger partial charge < -0.3 is 19.7 Å². The number of aliphatic hydroxyl groups is 2. The van der Waals surface area contributed by atoms with Crippen molar-refractivity contribution in [1.82, 2.24) is 0 Å². The van der Waals surface area contributed by atoms with Crippen LogP contribution in [0.1, 0.15) is 53.4 Å². The summed E-state index contributed by atoms with van der Waals surface area (Å²) in [6, 6.07) is 0. The van der Waals surface area contributed by atoms with Crippen LogP contribution in [0.4, 0.5) is 0 Å². The van der Waals surface area contributed by atoms with E-state index in [0.29, 0.717) is 12.8 Å². The molecule has 6 heteroatoms. The molecule has 6 nitrogen and oxygen atoms in total. The summed E-state index contributed by atoms with van der Waals surface area (Å²) in [5.74, 6) is -0.947. The number of hydrogen-bond donors (Lipinski definition) is 2. The summed E-state index contributed by atoms with van der Waals surface area (Å²) in [7, 11) is 0. The van der Waals surface area contributed by atoms with E-state index in [4.69, 9.17) is 9.47 Å². The van der Waals surface area contributed by atoms with Gasteiger partial charge in [-0.1, -0.05) is 25.5 Å². The molecule has 164 valence electrons. The molecule has 0 aromatic rings. The summed E-state index contributed by atoms with van der Waals surface area (Å²) in [5.41, 5.74) is -1.12. The Labute approximate surface area is 177 Å². The lowest BCUT2D eigenvalue weighted by molar-refractivity contribution is -0.225. The van der Waals surface area contributed by atoms with Crippen LogP contribution in [0.2, 0.25) is 0 Å². The van der Waals surface area contributed by atoms with Gasteiger partial charge in [-0.25, -0.2) is 0 Å². The maximum Gasteiger partial charge on any atom is 0.193 e. The van der Waals surface area contributed by atoms with Crippen LogP contribution in [0.3, 0.4) is 0 Å². The molecule has 0 spiro atoms. The molecule has 0 bridgehead atoms. The van der Waals surface area contributed by atoms with Crippen LogP contribution < -0.4 is 0 Å². The summed E-state index contributed by atoms with van der Waals surface area (Å²) >= 11 is 0. The van der Waals surface area contributed by atoms with Crippen molar-refractivity contribution in [3.05, 3.63) is 23.8 Å². The van der Waals surface area contributed by atoms with Gasteiger partial charge >= 0.3 is 0 Å². The van der Waals surface area contributed by atoms with E-state index in [1.165, 1.54) is 0 Å². The molecule has 1 heterocycles. The number of allylic oxidation sites excluding steroid dienone is 4. The Morgan fingerprint density at radius 3 is 2.70 bits per heavy atom. The molecule has 0 amide bonds. The first-order valence-electron chi connectivity index (χ1n) is 11.1. The van der Waals surface area contributed by atoms with Crippen LogP contribution in [-0.2, 0) is 19.1 Å². The van der Waals surface area contributed by atoms with Gasteiger partial charge in [-0.2, -0.15) is 0 Å². The van der Waals surface area contributed by atoms with Crippen molar-refractivity contribution in [3.8, 4) is 0 Å². The highest BCUT2D eigenvalue weighted by atomic mass is 16.9. The van der Waals surface area contributed by atoms with E-state index in [-0.39, 0.29) is 34.7 Å². The number of ketones is 2. The number of aliphatic hydroxyl groups excluding tert-OH is 2. The van der Waals surface area contributed by atoms with Gasteiger partial charge in [0.15, 0.2) is 23.0 Å². The summed E-state index contributed by atoms with van der Waals surface area (Å²) in [5, 5.41) is 21.3. The second-order valence-electron chi connectivity index (χ2n) is 10.9. The second-order valence-corrected chi connectivity index (χ2v) is 10.9. The number of fused-ring (bicyclic) bond motifs is 7. The van der Waals surface area contributed by atoms with E-state index < -0.39 is 35.6 Å². The fraction of sp³-hybridized carbons (Fsp3) is 0.750. The molecular formula is C24H32O6. The fourth-order valence-electron chi connectivity index (χ4n) is 8.04. The third kappa shape index (κ3) is 2.34. The molecule has 0 aromatic heterocycles. The normalized spacial score (nSPS) is 50.9. The molecule has 2 N–H and O–H groups in total. The first-order valence-corrected chi connectivity index (χ1v) is 11.1. The monoisotopic (exact) mass is 419 g/mol. The molecule has 0 radical (unpaired) electrons. The molecular weight excluding hydrogens is 387 g/mol. The van der Waals surface area contributed by atoms with Crippen molar-refractivity contribution in [1.29, 1.82) is 0 Å². The molecule has 0 aromatic carbocycles. The minimum atomic E-state index is -1.24. The zero-order chi connectivity index (χ0) is 21.7. The number of carbonyl (C=O) groups excluding carboxylic acids is 2. The van der Waals surface area contributed by atoms with Crippen molar-refractivity contribution >= 4 is 11.6 Å². The summed E-state index contributed by atoms with van der Waals surface area (Å²) in [4.78, 5) is 25.1. The minimum absolute atomic E-state index is 0.0167. The van der Waals surface area contributed by atoms with Crippen LogP contribution in [0.5, 0.6) is 0 Å². The number of Topliss-reactive ketones (excluding diaryl/α,β-unsaturated/α-hetero) is 1. The van der Waals surface area contributed by atoms with Crippen molar-refractivity contribution < 1.29 is 29.3 Å². The Bertz CT molecular complexity index is 873. The third-order valence-electron chi connectivity index (χ3n) is 9.05. The Morgan fingerprint density at radius 2 is 2.00 bits per heavy atom. The summed E-state index contributed by atoms with van der Waals surface area (Å²) < 4.78 is 12.6. The molecule has 4 fully saturated rings. The van der Waals surface area contributed by atoms with E-state index >= 15 is 0 Å². The van der Waals surface area contributed by atoms with Crippen LogP contribution in [0, 0.1) is 28.6 Å². The lowest BCUT2D eigenvalue weighted by Crippen LogP contribution is -2.63. The van der Waals surface area contributed by atoms with E-state index in [9.17, 15) is 19.8 Å². The Morgan fingerprint density at radius 1 is 1.27 bits per heavy atom. The van der Waals surface area contributed by atoms with Crippen LogP contribution in [0.15, 0.2) is 23.8 Å². The van der Waals surface area contributed by atoms with Crippen LogP contribution in [0.25, 0.3) is 0 Å². The van der Waals surface area contributed by atoms with Gasteiger partial charge in [0, 0.05) is 16.7 Å². The maximum absolute atomic E-state index is 13.2. The third-order valence-corrected chi connectivity index (χ3v) is 9.05. The SMILES string of the molecule is C[C@]12C=CC(=O)C=C1CC[C@@H]1C2C(O)C[C@@]2(C)C1C[C@H]1O[13C]([13CH3])([13CH3])O[C@]12C(=O)CO. The van der Waals surface area contributed by atoms with Gasteiger partial charge in [0.25, 0.3) is 0 Å². The fourth-order valence-corrected chi connectivity index (χ4v) is 8.04. The Hall–Kier alpha value is -1.34. The van der Waals surface area contributed by atoms with Crippen molar-refractivity contribution in [2.24, 2.45) is 28.6 Å². The Balaban J connectivity index is 1.59. The number of rotatable bonds is 2. The maximum atomic E-state index is 13.2. The van der Waals surface area contributed by atoms with Gasteiger partial charge in [0.1, 0.15) is 6.61 Å². The van der Waals surface area contributed by atoms with Gasteiger partial charge in [-0.3, -0.25) is 9.59 Å². The average molecular weight is 419 g/mol. The second kappa shape index (κ2) is 6.12. The van der Waals surface area contributed by atoms with E-state index in [0.717, 1.165) is 18.4 Å². The van der Waals surface area contributed by atoms with E-state index in [1.807, 2.05) is 13.0 Å². The standard InChI is InChI=1S/C24H32O6/c1-21(2)29-19-10-16-15-6-5-13-9-14(26)7-8-22(13,3)20(15)17(27)11-23(16,4)24(19,30-21)18(28)12-25/h7-9,15-17,19-20,25,27H,5-6,10-12H2,1-4H3/t15-,16?,17?,19+,20?,22-,23-,24+/m0/s1/i1+1,2+1,21+1. The van der Waals surface area contributed by atoms with E-state index in [1.54, 1.807) is 26.0 Å². The van der Waals surface area contributed by atoms with Gasteiger partial charge in [-0.05, 0) is 63.5 Å². The molecule has 1 saturated heterocycles. The van der Waals surface area contributed by atoms with Gasteiger partial charge in [-0.15, -0.1) is 0 Å². The predicted molar refractivity (Wildman–Crippen MR) is 108 cm³/mol. The zero-order valence-corrected chi connectivity index (χ0v) is 18.2. The predicted octanol–water partition coefficient (Wildman–Crippen LogP) is 2.33. The van der Waals surface area contributed by atoms with Gasteiger partial charge in [0.05, 0.1) is 12.2 Å². The summed E-state index contributed by atoms with van der Waals surface area (Å²) in [6.45, 7) is 7.19. The quantitative estimate of drug-likeness (QED) is 0.668. The smallest absolute Gasteiger partial charge is 0.193 e. The van der Waals surface area contributed by atoms with Crippen LogP contribution >= 0.6 is 0 Å². The first kappa shape index (κ1) is 20.6. The molecule has 30 heavy (non-hydrogen) atoms. The van der Waals surface area contributed by atoms with Gasteiger partial charge in [0.2, 0.25) is 0 Å². The van der Waals surface area contributed by atoms with Crippen molar-refractivity contribution in [2.45, 2.75) is 77.0 Å². The lowest BCUT2D eigenvalue weighted by atomic mass is 9.46. The Kier molecular flexibility index (Phi) is 4.20. The molecule has 4 aliphatic carbocycles. The highest BCUT2D eigenvalue weighted by Gasteiger charge is 2.76. The largest absolute Gasteiger partial charge is 0.393 e. The lowest BCUT2D eigenvalue weighted by Gasteiger charge is -2.59. The first-order chi connectivity index (χ1) is 14.0. The average Bonchev–Trinajstić information content (AvgIpc) is 3.07. The van der Waals surface area contributed by atoms with E-state index in [2.05, 4.69) is 6.92 Å². The molecule has 3 unspecified atom stereocenters.